The molecule has 0 spiro atoms. The predicted octanol–water partition coefficient (Wildman–Crippen LogP) is 2.36. The summed E-state index contributed by atoms with van der Waals surface area (Å²) < 4.78 is 38.8. The number of ether oxygens (including phenoxy) is 1. The number of benzene rings is 1. The predicted molar refractivity (Wildman–Crippen MR) is 85.5 cm³/mol. The Balaban J connectivity index is 2.40. The molecule has 5 nitrogen and oxygen atoms in total. The molecule has 0 bridgehead atoms. The van der Waals surface area contributed by atoms with Crippen molar-refractivity contribution in [2.75, 3.05) is 27.1 Å². The van der Waals surface area contributed by atoms with Crippen molar-refractivity contribution >= 4 is 18.4 Å². The van der Waals surface area contributed by atoms with Gasteiger partial charge in [0.1, 0.15) is 5.75 Å². The van der Waals surface area contributed by atoms with Gasteiger partial charge in [0.2, 0.25) is 0 Å². The first-order chi connectivity index (χ1) is 9.78. The summed E-state index contributed by atoms with van der Waals surface area (Å²) in [4.78, 5) is 0. The molecule has 120 valence electrons. The van der Waals surface area contributed by atoms with Crippen LogP contribution in [0.2, 0.25) is 12.6 Å². The minimum atomic E-state index is -3.00. The van der Waals surface area contributed by atoms with Gasteiger partial charge < -0.3 is 13.6 Å². The van der Waals surface area contributed by atoms with E-state index >= 15 is 0 Å². The lowest BCUT2D eigenvalue weighted by Crippen LogP contribution is -2.36. The van der Waals surface area contributed by atoms with Gasteiger partial charge in [-0.3, -0.25) is 0 Å². The lowest BCUT2D eigenvalue weighted by Gasteiger charge is -2.22. The van der Waals surface area contributed by atoms with Crippen LogP contribution in [-0.4, -0.2) is 44.1 Å². The van der Waals surface area contributed by atoms with Crippen LogP contribution in [-0.2, 0) is 24.4 Å². The zero-order valence-corrected chi connectivity index (χ0v) is 14.9. The van der Waals surface area contributed by atoms with E-state index < -0.39 is 18.4 Å². The minimum absolute atomic E-state index is 0.0545. The van der Waals surface area contributed by atoms with Crippen LogP contribution in [0.3, 0.4) is 0 Å². The van der Waals surface area contributed by atoms with Gasteiger partial charge >= 0.3 is 8.56 Å². The Kier molecular flexibility index (Phi) is 6.86. The molecule has 0 aliphatic rings. The van der Waals surface area contributed by atoms with E-state index in [1.165, 1.54) is 6.26 Å². The Morgan fingerprint density at radius 1 is 1.10 bits per heavy atom. The van der Waals surface area contributed by atoms with Crippen LogP contribution in [0.25, 0.3) is 0 Å². The van der Waals surface area contributed by atoms with Gasteiger partial charge in [-0.1, -0.05) is 12.1 Å². The maximum atomic E-state index is 11.2. The Bertz CT molecular complexity index is 523. The lowest BCUT2D eigenvalue weighted by molar-refractivity contribution is 0.241. The third-order valence-corrected chi connectivity index (χ3v) is 7.11. The van der Waals surface area contributed by atoms with Gasteiger partial charge in [-0.2, -0.15) is 0 Å². The summed E-state index contributed by atoms with van der Waals surface area (Å²) >= 11 is 0. The first-order valence-corrected chi connectivity index (χ1v) is 11.4. The molecule has 21 heavy (non-hydrogen) atoms. The maximum Gasteiger partial charge on any atom is 0.334 e. The highest BCUT2D eigenvalue weighted by molar-refractivity contribution is 7.89. The van der Waals surface area contributed by atoms with Crippen molar-refractivity contribution in [1.82, 2.24) is 0 Å². The molecule has 1 rings (SSSR count). The van der Waals surface area contributed by atoms with Crippen molar-refractivity contribution in [3.8, 4) is 5.75 Å². The smallest absolute Gasteiger partial charge is 0.334 e. The molecule has 7 heteroatoms. The molecule has 0 aromatic heterocycles. The summed E-state index contributed by atoms with van der Waals surface area (Å²) in [6.07, 6.45) is 2.08. The van der Waals surface area contributed by atoms with Gasteiger partial charge in [-0.15, -0.1) is 0 Å². The van der Waals surface area contributed by atoms with E-state index in [0.717, 1.165) is 23.8 Å². The van der Waals surface area contributed by atoms with E-state index in [1.807, 2.05) is 6.55 Å². The Morgan fingerprint density at radius 3 is 2.14 bits per heavy atom. The number of hydrogen-bond acceptors (Lipinski definition) is 5. The van der Waals surface area contributed by atoms with Crippen molar-refractivity contribution in [1.29, 1.82) is 0 Å². The third kappa shape index (κ3) is 7.08. The molecule has 0 radical (unpaired) electrons. The van der Waals surface area contributed by atoms with E-state index in [9.17, 15) is 8.42 Å². The summed E-state index contributed by atoms with van der Waals surface area (Å²) in [6.45, 7) is 2.60. The largest absolute Gasteiger partial charge is 0.494 e. The highest BCUT2D eigenvalue weighted by Crippen LogP contribution is 2.17. The fraction of sp³-hybridized carbons (Fsp3) is 0.571. The topological polar surface area (TPSA) is 61.8 Å². The maximum absolute atomic E-state index is 11.2. The summed E-state index contributed by atoms with van der Waals surface area (Å²) in [5, 5.41) is 0. The van der Waals surface area contributed by atoms with E-state index in [4.69, 9.17) is 13.6 Å². The zero-order chi connectivity index (χ0) is 15.9. The summed E-state index contributed by atoms with van der Waals surface area (Å²) in [6, 6.07) is 8.01. The number of rotatable bonds is 9. The standard InChI is InChI=1S/C14H24O5SSi/c1-17-21(4,18-2)11-5-10-19-14-8-6-13(7-9-14)12-20(3,15)16/h6-9H,5,10-12H2,1-4H3. The Morgan fingerprint density at radius 2 is 1.67 bits per heavy atom. The van der Waals surface area contributed by atoms with Gasteiger partial charge in [0, 0.05) is 20.5 Å². The summed E-state index contributed by atoms with van der Waals surface area (Å²) in [5.74, 6) is 0.796. The SMILES string of the molecule is CO[Si](C)(CCCOc1ccc(CS(C)(=O)=O)cc1)OC. The fourth-order valence-electron chi connectivity index (χ4n) is 1.86. The monoisotopic (exact) mass is 332 g/mol. The number of hydrogen-bond donors (Lipinski definition) is 0. The molecule has 0 amide bonds. The molecular formula is C14H24O5SSi. The van der Waals surface area contributed by atoms with E-state index in [1.54, 1.807) is 38.5 Å². The molecular weight excluding hydrogens is 308 g/mol. The highest BCUT2D eigenvalue weighted by Gasteiger charge is 2.27. The van der Waals surface area contributed by atoms with Gasteiger partial charge in [-0.05, 0) is 36.7 Å². The second-order valence-corrected chi connectivity index (χ2v) is 10.9. The molecule has 1 aromatic carbocycles. The first kappa shape index (κ1) is 18.2. The molecule has 0 atom stereocenters. The first-order valence-electron chi connectivity index (χ1n) is 6.78. The van der Waals surface area contributed by atoms with Crippen LogP contribution < -0.4 is 4.74 Å². The third-order valence-electron chi connectivity index (χ3n) is 3.26. The zero-order valence-electron chi connectivity index (χ0n) is 13.1. The van der Waals surface area contributed by atoms with E-state index in [0.29, 0.717) is 6.61 Å². The second kappa shape index (κ2) is 7.93. The molecule has 0 saturated heterocycles. The Labute approximate surface area is 128 Å². The summed E-state index contributed by atoms with van der Waals surface area (Å²) in [5.41, 5.74) is 0.767. The number of sulfone groups is 1. The fourth-order valence-corrected chi connectivity index (χ4v) is 4.01. The Hall–Kier alpha value is -0.893. The van der Waals surface area contributed by atoms with E-state index in [2.05, 4.69) is 0 Å². The van der Waals surface area contributed by atoms with Gasteiger partial charge in [0.05, 0.1) is 12.4 Å². The van der Waals surface area contributed by atoms with Crippen molar-refractivity contribution in [2.24, 2.45) is 0 Å². The molecule has 0 aliphatic carbocycles. The normalized spacial score (nSPS) is 12.4. The molecule has 0 aliphatic heterocycles. The molecule has 0 unspecified atom stereocenters. The van der Waals surface area contributed by atoms with Crippen LogP contribution in [0.5, 0.6) is 5.75 Å². The quantitative estimate of drug-likeness (QED) is 0.513. The van der Waals surface area contributed by atoms with Crippen molar-refractivity contribution in [3.63, 3.8) is 0 Å². The van der Waals surface area contributed by atoms with Crippen LogP contribution in [0.15, 0.2) is 24.3 Å². The highest BCUT2D eigenvalue weighted by atomic mass is 32.2. The van der Waals surface area contributed by atoms with Crippen molar-refractivity contribution in [3.05, 3.63) is 29.8 Å². The van der Waals surface area contributed by atoms with Crippen LogP contribution in [0.1, 0.15) is 12.0 Å². The average Bonchev–Trinajstić information content (AvgIpc) is 2.43. The summed E-state index contributed by atoms with van der Waals surface area (Å²) in [7, 11) is -1.66. The molecule has 0 saturated carbocycles. The second-order valence-electron chi connectivity index (χ2n) is 5.21. The van der Waals surface area contributed by atoms with Crippen molar-refractivity contribution < 1.29 is 22.0 Å². The molecule has 0 N–H and O–H groups in total. The lowest BCUT2D eigenvalue weighted by atomic mass is 10.2. The minimum Gasteiger partial charge on any atom is -0.494 e. The van der Waals surface area contributed by atoms with Crippen LogP contribution in [0, 0.1) is 0 Å². The molecule has 0 heterocycles. The van der Waals surface area contributed by atoms with Crippen LogP contribution in [0.4, 0.5) is 0 Å². The molecule has 0 fully saturated rings. The van der Waals surface area contributed by atoms with Crippen LogP contribution >= 0.6 is 0 Å². The van der Waals surface area contributed by atoms with Gasteiger partial charge in [0.25, 0.3) is 0 Å². The molecule has 1 aromatic rings. The van der Waals surface area contributed by atoms with Crippen molar-refractivity contribution in [2.45, 2.75) is 24.8 Å². The van der Waals surface area contributed by atoms with Gasteiger partial charge in [0.15, 0.2) is 9.84 Å². The van der Waals surface area contributed by atoms with Gasteiger partial charge in [-0.25, -0.2) is 8.42 Å². The van der Waals surface area contributed by atoms with E-state index in [-0.39, 0.29) is 5.75 Å². The average molecular weight is 332 g/mol.